The SMILES string of the molecule is CCC[C@@H](NC(=O)C1C(CCC(F)F)CCN1C(=O)[C@@H](NC(=O)[C@H](NC(=O)c1ncc[nH]1)C1CCCCC1)C(C)(C)C)C(=O)C(=O)NC1CC1. The Labute approximate surface area is 292 Å². The summed E-state index contributed by atoms with van der Waals surface area (Å²) >= 11 is 0. The third-order valence-corrected chi connectivity index (χ3v) is 9.98. The number of Topliss-reactive ketones (excluding diaryl/α,β-unsaturated/α-hetero) is 1. The fourth-order valence-electron chi connectivity index (χ4n) is 7.07. The van der Waals surface area contributed by atoms with Crippen LogP contribution in [0.4, 0.5) is 8.78 Å². The molecule has 0 aromatic carbocycles. The second kappa shape index (κ2) is 17.3. The Morgan fingerprint density at radius 1 is 0.960 bits per heavy atom. The van der Waals surface area contributed by atoms with Crippen LogP contribution in [0.25, 0.3) is 0 Å². The molecule has 5 atom stereocenters. The van der Waals surface area contributed by atoms with Crippen LogP contribution in [0.3, 0.4) is 0 Å². The molecule has 0 radical (unpaired) electrons. The number of halogens is 2. The van der Waals surface area contributed by atoms with Gasteiger partial charge in [-0.05, 0) is 62.2 Å². The maximum absolute atomic E-state index is 14.5. The number of hydrogen-bond donors (Lipinski definition) is 5. The lowest BCUT2D eigenvalue weighted by Gasteiger charge is -2.38. The predicted molar refractivity (Wildman–Crippen MR) is 180 cm³/mol. The molecule has 1 aliphatic heterocycles. The number of aromatic nitrogens is 2. The van der Waals surface area contributed by atoms with Crippen molar-refractivity contribution in [2.24, 2.45) is 17.3 Å². The van der Waals surface area contributed by atoms with Gasteiger partial charge in [-0.2, -0.15) is 0 Å². The van der Waals surface area contributed by atoms with Gasteiger partial charge in [0.2, 0.25) is 29.9 Å². The number of H-pyrrole nitrogens is 1. The fourth-order valence-corrected chi connectivity index (χ4v) is 7.07. The van der Waals surface area contributed by atoms with Crippen LogP contribution < -0.4 is 21.3 Å². The van der Waals surface area contributed by atoms with Crippen molar-refractivity contribution in [2.75, 3.05) is 6.54 Å². The van der Waals surface area contributed by atoms with Crippen molar-refractivity contribution in [1.82, 2.24) is 36.1 Å². The van der Waals surface area contributed by atoms with Crippen LogP contribution >= 0.6 is 0 Å². The summed E-state index contributed by atoms with van der Waals surface area (Å²) in [6.45, 7) is 7.17. The zero-order chi connectivity index (χ0) is 36.6. The highest BCUT2D eigenvalue weighted by molar-refractivity contribution is 6.38. The molecule has 2 aliphatic carbocycles. The Morgan fingerprint density at radius 2 is 1.66 bits per heavy atom. The molecule has 5 amide bonds. The van der Waals surface area contributed by atoms with Gasteiger partial charge in [-0.3, -0.25) is 28.8 Å². The molecule has 3 aliphatic rings. The highest BCUT2D eigenvalue weighted by Crippen LogP contribution is 2.33. The lowest BCUT2D eigenvalue weighted by molar-refractivity contribution is -0.146. The number of nitrogens with zero attached hydrogens (tertiary/aromatic N) is 2. The summed E-state index contributed by atoms with van der Waals surface area (Å²) in [6, 6.07) is -4.51. The van der Waals surface area contributed by atoms with E-state index in [0.29, 0.717) is 19.3 Å². The van der Waals surface area contributed by atoms with Crippen molar-refractivity contribution in [2.45, 2.75) is 141 Å². The first-order chi connectivity index (χ1) is 23.7. The van der Waals surface area contributed by atoms with Crippen LogP contribution in [0.2, 0.25) is 0 Å². The first-order valence-electron chi connectivity index (χ1n) is 18.1. The van der Waals surface area contributed by atoms with E-state index in [0.717, 1.165) is 32.1 Å². The summed E-state index contributed by atoms with van der Waals surface area (Å²) in [5, 5.41) is 11.0. The minimum absolute atomic E-state index is 0.0385. The zero-order valence-electron chi connectivity index (χ0n) is 29.6. The molecule has 2 heterocycles. The van der Waals surface area contributed by atoms with E-state index >= 15 is 0 Å². The van der Waals surface area contributed by atoms with Gasteiger partial charge < -0.3 is 31.2 Å². The van der Waals surface area contributed by atoms with Crippen molar-refractivity contribution in [3.8, 4) is 0 Å². The molecule has 13 nitrogen and oxygen atoms in total. The van der Waals surface area contributed by atoms with Crippen LogP contribution in [-0.2, 0) is 24.0 Å². The summed E-state index contributed by atoms with van der Waals surface area (Å²) in [5.74, 6) is -4.72. The maximum Gasteiger partial charge on any atom is 0.289 e. The Hall–Kier alpha value is -3.91. The van der Waals surface area contributed by atoms with Crippen LogP contribution in [0.1, 0.15) is 115 Å². The summed E-state index contributed by atoms with van der Waals surface area (Å²) in [7, 11) is 0. The first kappa shape index (κ1) is 38.9. The number of ketones is 1. The molecule has 0 bridgehead atoms. The monoisotopic (exact) mass is 705 g/mol. The third-order valence-electron chi connectivity index (χ3n) is 9.98. The fraction of sp³-hybridized carbons (Fsp3) is 0.743. The molecular weight excluding hydrogens is 652 g/mol. The average Bonchev–Trinajstić information content (AvgIpc) is 3.52. The third kappa shape index (κ3) is 10.3. The lowest BCUT2D eigenvalue weighted by atomic mass is 9.82. The van der Waals surface area contributed by atoms with Gasteiger partial charge >= 0.3 is 0 Å². The number of alkyl halides is 2. The number of nitrogens with one attached hydrogen (secondary N) is 5. The minimum atomic E-state index is -2.61. The minimum Gasteiger partial charge on any atom is -0.347 e. The van der Waals surface area contributed by atoms with Crippen LogP contribution in [-0.4, -0.2) is 93.4 Å². The second-order valence-electron chi connectivity index (χ2n) is 15.1. The largest absolute Gasteiger partial charge is 0.347 e. The number of rotatable bonds is 16. The number of hydrogen-bond acceptors (Lipinski definition) is 7. The van der Waals surface area contributed by atoms with E-state index in [9.17, 15) is 37.5 Å². The Morgan fingerprint density at radius 3 is 2.24 bits per heavy atom. The number of imidazole rings is 1. The van der Waals surface area contributed by atoms with E-state index in [1.807, 2.05) is 0 Å². The highest BCUT2D eigenvalue weighted by Gasteiger charge is 2.47. The van der Waals surface area contributed by atoms with Gasteiger partial charge in [0.05, 0.1) is 6.04 Å². The van der Waals surface area contributed by atoms with E-state index in [1.165, 1.54) is 17.3 Å². The molecule has 0 spiro atoms. The van der Waals surface area contributed by atoms with Crippen molar-refractivity contribution < 1.29 is 37.5 Å². The topological polar surface area (TPSA) is 182 Å². The van der Waals surface area contributed by atoms with Crippen LogP contribution in [0.15, 0.2) is 12.4 Å². The van der Waals surface area contributed by atoms with Crippen molar-refractivity contribution >= 4 is 35.3 Å². The second-order valence-corrected chi connectivity index (χ2v) is 15.1. The molecule has 50 heavy (non-hydrogen) atoms. The number of likely N-dealkylation sites (tertiary alicyclic amines) is 1. The van der Waals surface area contributed by atoms with Gasteiger partial charge in [-0.25, -0.2) is 13.8 Å². The van der Waals surface area contributed by atoms with Crippen molar-refractivity contribution in [1.29, 1.82) is 0 Å². The molecule has 1 aromatic rings. The maximum atomic E-state index is 14.5. The van der Waals surface area contributed by atoms with Gasteiger partial charge in [-0.1, -0.05) is 53.4 Å². The van der Waals surface area contributed by atoms with Gasteiger partial charge in [-0.15, -0.1) is 0 Å². The number of carbonyl (C=O) groups is 6. The molecule has 4 rings (SSSR count). The number of aromatic amines is 1. The smallest absolute Gasteiger partial charge is 0.289 e. The van der Waals surface area contributed by atoms with Gasteiger partial charge in [0.25, 0.3) is 11.8 Å². The van der Waals surface area contributed by atoms with Crippen molar-refractivity contribution in [3.05, 3.63) is 18.2 Å². The van der Waals surface area contributed by atoms with E-state index < -0.39 is 83.7 Å². The summed E-state index contributed by atoms with van der Waals surface area (Å²) in [5.41, 5.74) is -0.863. The van der Waals surface area contributed by atoms with Crippen LogP contribution in [0, 0.1) is 17.3 Å². The standard InChI is InChI=1S/C35H53F2N7O6/c1-5-9-23(27(45)32(48)40-22-13-14-22)41-31(47)26-21(12-15-24(36)37)16-19-44(26)34(50)28(35(2,3)4)43-30(46)25(20-10-7-6-8-11-20)42-33(49)29-38-17-18-39-29/h17-18,20-26,28H,5-16,19H2,1-4H3,(H,38,39)(H,40,48)(H,41,47)(H,42,49)(H,43,46)/t21?,23-,25-,26?,28-/m1/s1. The molecule has 278 valence electrons. The quantitative estimate of drug-likeness (QED) is 0.164. The number of amides is 5. The van der Waals surface area contributed by atoms with Crippen molar-refractivity contribution in [3.63, 3.8) is 0 Å². The van der Waals surface area contributed by atoms with E-state index in [2.05, 4.69) is 31.2 Å². The molecule has 2 unspecified atom stereocenters. The summed E-state index contributed by atoms with van der Waals surface area (Å²) < 4.78 is 26.7. The molecule has 2 saturated carbocycles. The van der Waals surface area contributed by atoms with E-state index in [4.69, 9.17) is 0 Å². The van der Waals surface area contributed by atoms with Gasteiger partial charge in [0, 0.05) is 31.4 Å². The number of carbonyl (C=O) groups excluding carboxylic acids is 6. The summed E-state index contributed by atoms with van der Waals surface area (Å²) in [6.07, 6.45) is 6.49. The van der Waals surface area contributed by atoms with E-state index in [1.54, 1.807) is 27.7 Å². The Kier molecular flexibility index (Phi) is 13.5. The predicted octanol–water partition coefficient (Wildman–Crippen LogP) is 3.01. The van der Waals surface area contributed by atoms with Gasteiger partial charge in [0.15, 0.2) is 5.82 Å². The van der Waals surface area contributed by atoms with Crippen LogP contribution in [0.5, 0.6) is 0 Å². The zero-order valence-corrected chi connectivity index (χ0v) is 29.6. The normalized spacial score (nSPS) is 21.6. The van der Waals surface area contributed by atoms with Gasteiger partial charge in [0.1, 0.15) is 18.1 Å². The Bertz CT molecular complexity index is 1360. The molecule has 5 N–H and O–H groups in total. The average molecular weight is 706 g/mol. The van der Waals surface area contributed by atoms with E-state index in [-0.39, 0.29) is 43.6 Å². The Balaban J connectivity index is 1.57. The molecule has 3 fully saturated rings. The molecular formula is C35H53F2N7O6. The lowest BCUT2D eigenvalue weighted by Crippen LogP contribution is -2.62. The molecule has 1 aromatic heterocycles. The molecule has 15 heteroatoms. The summed E-state index contributed by atoms with van der Waals surface area (Å²) in [4.78, 5) is 89.3. The highest BCUT2D eigenvalue weighted by atomic mass is 19.3. The molecule has 1 saturated heterocycles. The first-order valence-corrected chi connectivity index (χ1v) is 18.1.